The first-order valence-corrected chi connectivity index (χ1v) is 6.34. The van der Waals surface area contributed by atoms with Gasteiger partial charge in [0.25, 0.3) is 5.56 Å². The number of carboxylic acids is 1. The minimum Gasteiger partial charge on any atom is -0.480 e. The molecule has 0 aliphatic heterocycles. The first-order chi connectivity index (χ1) is 9.63. The Morgan fingerprint density at radius 2 is 2.15 bits per heavy atom. The third kappa shape index (κ3) is 1.69. The summed E-state index contributed by atoms with van der Waals surface area (Å²) in [5, 5.41) is 14.8. The average Bonchev–Trinajstić information content (AvgIpc) is 2.81. The third-order valence-corrected chi connectivity index (χ3v) is 3.45. The lowest BCUT2D eigenvalue weighted by molar-refractivity contribution is -0.141. The summed E-state index contributed by atoms with van der Waals surface area (Å²) in [5.41, 5.74) is 0.816. The summed E-state index contributed by atoms with van der Waals surface area (Å²) >= 11 is 0. The van der Waals surface area contributed by atoms with E-state index in [1.807, 2.05) is 24.3 Å². The molecule has 0 radical (unpaired) electrons. The molecule has 0 saturated heterocycles. The quantitative estimate of drug-likeness (QED) is 0.761. The second-order valence-electron chi connectivity index (χ2n) is 4.62. The van der Waals surface area contributed by atoms with Crippen LogP contribution < -0.4 is 5.56 Å². The Balaban J connectivity index is 2.33. The molecule has 1 aromatic carbocycles. The van der Waals surface area contributed by atoms with Gasteiger partial charge in [-0.3, -0.25) is 4.79 Å². The monoisotopic (exact) mass is 271 g/mol. The zero-order valence-corrected chi connectivity index (χ0v) is 10.8. The van der Waals surface area contributed by atoms with Crippen molar-refractivity contribution in [2.24, 2.45) is 0 Å². The standard InChI is InChI=1S/C14H13N3O3/c1-2-11(14(19)20)17-13(18)12-9(7-15-17)8-5-3-4-6-10(8)16-12/h3-7,11,16H,2H2,1H3,(H,19,20). The Kier molecular flexibility index (Phi) is 2.78. The van der Waals surface area contributed by atoms with E-state index in [2.05, 4.69) is 10.1 Å². The van der Waals surface area contributed by atoms with Crippen molar-refractivity contribution < 1.29 is 9.90 Å². The predicted molar refractivity (Wildman–Crippen MR) is 74.8 cm³/mol. The van der Waals surface area contributed by atoms with Crippen LogP contribution in [0.2, 0.25) is 0 Å². The predicted octanol–water partition coefficient (Wildman–Crippen LogP) is 1.91. The van der Waals surface area contributed by atoms with Crippen LogP contribution >= 0.6 is 0 Å². The van der Waals surface area contributed by atoms with Crippen LogP contribution in [-0.4, -0.2) is 25.8 Å². The Hall–Kier alpha value is -2.63. The molecule has 0 saturated carbocycles. The van der Waals surface area contributed by atoms with Crippen LogP contribution in [0.5, 0.6) is 0 Å². The highest BCUT2D eigenvalue weighted by molar-refractivity contribution is 6.06. The summed E-state index contributed by atoms with van der Waals surface area (Å²) in [4.78, 5) is 26.6. The minimum atomic E-state index is -1.06. The Morgan fingerprint density at radius 3 is 2.85 bits per heavy atom. The number of hydrogen-bond acceptors (Lipinski definition) is 3. The van der Waals surface area contributed by atoms with Crippen molar-refractivity contribution in [2.45, 2.75) is 19.4 Å². The van der Waals surface area contributed by atoms with Crippen LogP contribution in [-0.2, 0) is 4.79 Å². The number of para-hydroxylation sites is 1. The summed E-state index contributed by atoms with van der Waals surface area (Å²) in [7, 11) is 0. The average molecular weight is 271 g/mol. The van der Waals surface area contributed by atoms with E-state index in [0.717, 1.165) is 15.6 Å². The van der Waals surface area contributed by atoms with Crippen molar-refractivity contribution >= 4 is 27.8 Å². The lowest BCUT2D eigenvalue weighted by Crippen LogP contribution is -2.31. The van der Waals surface area contributed by atoms with Gasteiger partial charge in [0.05, 0.1) is 6.20 Å². The first kappa shape index (κ1) is 12.4. The van der Waals surface area contributed by atoms with E-state index in [9.17, 15) is 9.59 Å². The highest BCUT2D eigenvalue weighted by Crippen LogP contribution is 2.22. The van der Waals surface area contributed by atoms with Crippen molar-refractivity contribution in [3.63, 3.8) is 0 Å². The molecule has 0 spiro atoms. The SMILES string of the molecule is CCC(C(=O)O)n1ncc2c([nH]c3ccccc32)c1=O. The van der Waals surface area contributed by atoms with E-state index < -0.39 is 17.6 Å². The second kappa shape index (κ2) is 4.48. The van der Waals surface area contributed by atoms with E-state index in [0.29, 0.717) is 17.3 Å². The number of aromatic nitrogens is 3. The van der Waals surface area contributed by atoms with E-state index in [1.54, 1.807) is 13.1 Å². The fourth-order valence-corrected chi connectivity index (χ4v) is 2.43. The zero-order valence-electron chi connectivity index (χ0n) is 10.8. The van der Waals surface area contributed by atoms with Crippen molar-refractivity contribution in [3.8, 4) is 0 Å². The van der Waals surface area contributed by atoms with Crippen LogP contribution in [0.4, 0.5) is 0 Å². The van der Waals surface area contributed by atoms with Crippen molar-refractivity contribution in [3.05, 3.63) is 40.8 Å². The summed E-state index contributed by atoms with van der Waals surface area (Å²) in [6, 6.07) is 6.57. The van der Waals surface area contributed by atoms with Crippen molar-refractivity contribution in [1.82, 2.24) is 14.8 Å². The normalized spacial score (nSPS) is 12.8. The maximum Gasteiger partial charge on any atom is 0.328 e. The van der Waals surface area contributed by atoms with Gasteiger partial charge in [0.15, 0.2) is 6.04 Å². The summed E-state index contributed by atoms with van der Waals surface area (Å²) in [6.45, 7) is 1.71. The van der Waals surface area contributed by atoms with Crippen LogP contribution in [0, 0.1) is 0 Å². The summed E-state index contributed by atoms with van der Waals surface area (Å²) in [6.07, 6.45) is 1.84. The molecule has 2 heterocycles. The number of H-pyrrole nitrogens is 1. The number of nitrogens with one attached hydrogen (secondary N) is 1. The van der Waals surface area contributed by atoms with Gasteiger partial charge in [-0.2, -0.15) is 5.10 Å². The Bertz CT molecular complexity index is 863. The summed E-state index contributed by atoms with van der Waals surface area (Å²) < 4.78 is 1.03. The third-order valence-electron chi connectivity index (χ3n) is 3.45. The molecule has 0 bridgehead atoms. The smallest absolute Gasteiger partial charge is 0.328 e. The largest absolute Gasteiger partial charge is 0.480 e. The molecule has 0 aliphatic rings. The number of aromatic amines is 1. The molecular weight excluding hydrogens is 258 g/mol. The number of nitrogens with zero attached hydrogens (tertiary/aromatic N) is 2. The van der Waals surface area contributed by atoms with Gasteiger partial charge >= 0.3 is 5.97 Å². The fraction of sp³-hybridized carbons (Fsp3) is 0.214. The second-order valence-corrected chi connectivity index (χ2v) is 4.62. The fourth-order valence-electron chi connectivity index (χ4n) is 2.43. The van der Waals surface area contributed by atoms with Gasteiger partial charge in [-0.25, -0.2) is 9.48 Å². The highest BCUT2D eigenvalue weighted by Gasteiger charge is 2.21. The number of benzene rings is 1. The highest BCUT2D eigenvalue weighted by atomic mass is 16.4. The number of rotatable bonds is 3. The maximum absolute atomic E-state index is 12.4. The molecule has 0 aliphatic carbocycles. The first-order valence-electron chi connectivity index (χ1n) is 6.34. The van der Waals surface area contributed by atoms with Crippen LogP contribution in [0.25, 0.3) is 21.8 Å². The molecule has 0 fully saturated rings. The van der Waals surface area contributed by atoms with E-state index in [4.69, 9.17) is 5.11 Å². The molecule has 1 atom stereocenters. The molecular formula is C14H13N3O3. The van der Waals surface area contributed by atoms with Gasteiger partial charge in [-0.1, -0.05) is 25.1 Å². The Morgan fingerprint density at radius 1 is 1.40 bits per heavy atom. The lowest BCUT2D eigenvalue weighted by Gasteiger charge is -2.11. The van der Waals surface area contributed by atoms with E-state index in [-0.39, 0.29) is 0 Å². The van der Waals surface area contributed by atoms with Gasteiger partial charge in [0, 0.05) is 16.3 Å². The number of carbonyl (C=O) groups is 1. The topological polar surface area (TPSA) is 88.0 Å². The molecule has 20 heavy (non-hydrogen) atoms. The molecule has 3 rings (SSSR count). The van der Waals surface area contributed by atoms with Gasteiger partial charge in [-0.05, 0) is 12.5 Å². The molecule has 2 aromatic heterocycles. The lowest BCUT2D eigenvalue weighted by atomic mass is 10.2. The van der Waals surface area contributed by atoms with Gasteiger partial charge < -0.3 is 10.1 Å². The molecule has 1 unspecified atom stereocenters. The molecule has 102 valence electrons. The number of fused-ring (bicyclic) bond motifs is 3. The van der Waals surface area contributed by atoms with Crippen molar-refractivity contribution in [1.29, 1.82) is 0 Å². The zero-order chi connectivity index (χ0) is 14.3. The van der Waals surface area contributed by atoms with Gasteiger partial charge in [0.1, 0.15) is 5.52 Å². The molecule has 6 heteroatoms. The summed E-state index contributed by atoms with van der Waals surface area (Å²) in [5.74, 6) is -1.06. The van der Waals surface area contributed by atoms with Crippen LogP contribution in [0.1, 0.15) is 19.4 Å². The van der Waals surface area contributed by atoms with Gasteiger partial charge in [0.2, 0.25) is 0 Å². The van der Waals surface area contributed by atoms with Crippen molar-refractivity contribution in [2.75, 3.05) is 0 Å². The van der Waals surface area contributed by atoms with Gasteiger partial charge in [-0.15, -0.1) is 0 Å². The van der Waals surface area contributed by atoms with E-state index in [1.165, 1.54) is 0 Å². The molecule has 0 amide bonds. The number of hydrogen-bond donors (Lipinski definition) is 2. The number of aliphatic carboxylic acids is 1. The van der Waals surface area contributed by atoms with Crippen LogP contribution in [0.3, 0.4) is 0 Å². The number of carboxylic acid groups (broad SMARTS) is 1. The minimum absolute atomic E-state index is 0.300. The van der Waals surface area contributed by atoms with Crippen LogP contribution in [0.15, 0.2) is 35.3 Å². The van der Waals surface area contributed by atoms with E-state index >= 15 is 0 Å². The maximum atomic E-state index is 12.4. The molecule has 6 nitrogen and oxygen atoms in total. The molecule has 3 aromatic rings. The Labute approximate surface area is 113 Å². The molecule has 2 N–H and O–H groups in total.